The van der Waals surface area contributed by atoms with E-state index in [1.807, 2.05) is 30.3 Å². The van der Waals surface area contributed by atoms with Crippen LogP contribution >= 0.6 is 34.4 Å². The van der Waals surface area contributed by atoms with Gasteiger partial charge in [0, 0.05) is 37.4 Å². The predicted octanol–water partition coefficient (Wildman–Crippen LogP) is 3.47. The lowest BCUT2D eigenvalue weighted by atomic mass is 9.97. The van der Waals surface area contributed by atoms with Crippen LogP contribution in [0.3, 0.4) is 0 Å². The number of rotatable bonds is 5. The Hall–Kier alpha value is -1.33. The van der Waals surface area contributed by atoms with E-state index in [4.69, 9.17) is 14.7 Å². The van der Waals surface area contributed by atoms with Crippen LogP contribution in [-0.2, 0) is 24.1 Å². The zero-order valence-corrected chi connectivity index (χ0v) is 19.1. The summed E-state index contributed by atoms with van der Waals surface area (Å²) in [5, 5.41) is 11.9. The molecule has 7 nitrogen and oxygen atoms in total. The van der Waals surface area contributed by atoms with Crippen molar-refractivity contribution in [3.63, 3.8) is 0 Å². The number of aryl methyl sites for hydroxylation is 2. The molecule has 1 aliphatic carbocycles. The van der Waals surface area contributed by atoms with Gasteiger partial charge in [0.15, 0.2) is 4.34 Å². The summed E-state index contributed by atoms with van der Waals surface area (Å²) in [5.74, 6) is 0.901. The summed E-state index contributed by atoms with van der Waals surface area (Å²) >= 11 is 5.11. The number of ether oxygens (including phenoxy) is 1. The van der Waals surface area contributed by atoms with Crippen LogP contribution in [0.1, 0.15) is 29.1 Å². The lowest BCUT2D eigenvalue weighted by Crippen LogP contribution is -2.36. The van der Waals surface area contributed by atoms with E-state index in [0.29, 0.717) is 0 Å². The predicted molar refractivity (Wildman–Crippen MR) is 119 cm³/mol. The van der Waals surface area contributed by atoms with Gasteiger partial charge in [0.1, 0.15) is 15.7 Å². The molecule has 10 heteroatoms. The van der Waals surface area contributed by atoms with Crippen LogP contribution in [0.4, 0.5) is 5.13 Å². The van der Waals surface area contributed by atoms with E-state index in [1.54, 1.807) is 23.1 Å². The molecule has 0 unspecified atom stereocenters. The zero-order valence-electron chi connectivity index (χ0n) is 16.7. The molecule has 29 heavy (non-hydrogen) atoms. The summed E-state index contributed by atoms with van der Waals surface area (Å²) in [6.45, 7) is 4.22. The van der Waals surface area contributed by atoms with E-state index >= 15 is 0 Å². The molecule has 0 spiro atoms. The molecular weight excluding hydrogens is 424 g/mol. The van der Waals surface area contributed by atoms with Crippen molar-refractivity contribution in [2.75, 3.05) is 45.3 Å². The molecule has 5 rings (SSSR count). The van der Waals surface area contributed by atoms with Crippen LogP contribution in [0.25, 0.3) is 10.2 Å². The van der Waals surface area contributed by atoms with E-state index in [0.717, 1.165) is 64.4 Å². The molecule has 0 aromatic carbocycles. The molecule has 4 heterocycles. The van der Waals surface area contributed by atoms with Crippen LogP contribution < -0.4 is 4.90 Å². The number of nitrogens with zero attached hydrogens (tertiary/aromatic N) is 6. The third-order valence-electron chi connectivity index (χ3n) is 5.26. The van der Waals surface area contributed by atoms with Gasteiger partial charge in [-0.1, -0.05) is 11.3 Å². The molecule has 0 N–H and O–H groups in total. The van der Waals surface area contributed by atoms with Crippen LogP contribution in [0.5, 0.6) is 0 Å². The number of morpholine rings is 1. The maximum atomic E-state index is 5.48. The van der Waals surface area contributed by atoms with Crippen molar-refractivity contribution >= 4 is 49.8 Å². The highest BCUT2D eigenvalue weighted by atomic mass is 32.2. The van der Waals surface area contributed by atoms with Gasteiger partial charge in [-0.2, -0.15) is 0 Å². The molecule has 0 saturated carbocycles. The second-order valence-electron chi connectivity index (χ2n) is 7.57. The lowest BCUT2D eigenvalue weighted by molar-refractivity contribution is 0.0330. The Morgan fingerprint density at radius 2 is 1.90 bits per heavy atom. The van der Waals surface area contributed by atoms with E-state index in [1.165, 1.54) is 35.1 Å². The first kappa shape index (κ1) is 19.6. The molecule has 0 radical (unpaired) electrons. The topological polar surface area (TPSA) is 67.3 Å². The fourth-order valence-corrected chi connectivity index (χ4v) is 6.97. The van der Waals surface area contributed by atoms with Gasteiger partial charge in [0.25, 0.3) is 0 Å². The summed E-state index contributed by atoms with van der Waals surface area (Å²) in [6, 6.07) is 0. The summed E-state index contributed by atoms with van der Waals surface area (Å²) in [6.07, 6.45) is 4.83. The van der Waals surface area contributed by atoms with Crippen LogP contribution in [-0.4, -0.2) is 65.5 Å². The Kier molecular flexibility index (Phi) is 5.70. The molecule has 1 aliphatic heterocycles. The summed E-state index contributed by atoms with van der Waals surface area (Å²) in [7, 11) is 3.99. The van der Waals surface area contributed by atoms with Crippen molar-refractivity contribution in [2.45, 2.75) is 41.6 Å². The lowest BCUT2D eigenvalue weighted by Gasteiger charge is -2.25. The Bertz CT molecular complexity index is 1010. The van der Waals surface area contributed by atoms with E-state index in [9.17, 15) is 0 Å². The number of fused-ring (bicyclic) bond motifs is 3. The Morgan fingerprint density at radius 1 is 1.07 bits per heavy atom. The van der Waals surface area contributed by atoms with Crippen molar-refractivity contribution in [3.8, 4) is 0 Å². The largest absolute Gasteiger partial charge is 0.379 e. The molecule has 0 atom stereocenters. The zero-order chi connectivity index (χ0) is 19.8. The van der Waals surface area contributed by atoms with E-state index in [-0.39, 0.29) is 0 Å². The smallest absolute Gasteiger partial charge is 0.208 e. The number of hydrogen-bond donors (Lipinski definition) is 0. The molecule has 1 fully saturated rings. The van der Waals surface area contributed by atoms with Gasteiger partial charge in [-0.3, -0.25) is 4.90 Å². The minimum Gasteiger partial charge on any atom is -0.379 e. The minimum atomic E-state index is 0.772. The number of aromatic nitrogens is 4. The highest BCUT2D eigenvalue weighted by Gasteiger charge is 2.23. The summed E-state index contributed by atoms with van der Waals surface area (Å²) in [4.78, 5) is 17.0. The number of anilines is 1. The first-order valence-electron chi connectivity index (χ1n) is 9.97. The summed E-state index contributed by atoms with van der Waals surface area (Å²) < 4.78 is 6.42. The monoisotopic (exact) mass is 448 g/mol. The number of hydrogen-bond acceptors (Lipinski definition) is 10. The molecule has 2 aliphatic rings. The molecule has 1 saturated heterocycles. The second-order valence-corrected chi connectivity index (χ2v) is 10.8. The Labute approximate surface area is 182 Å². The third-order valence-corrected chi connectivity index (χ3v) is 8.58. The average Bonchev–Trinajstić information content (AvgIpc) is 3.33. The first-order valence-corrected chi connectivity index (χ1v) is 12.4. The highest BCUT2D eigenvalue weighted by Crippen LogP contribution is 2.42. The molecule has 3 aromatic heterocycles. The standard InChI is InChI=1S/C19H24N6OS3/c1-24(2)18-22-23-19(29-18)28-17-15-12-5-3-4-6-13(12)27-16(15)20-14(21-17)11-25-7-9-26-10-8-25/h3-11H2,1-2H3. The van der Waals surface area contributed by atoms with Gasteiger partial charge in [0.2, 0.25) is 5.13 Å². The van der Waals surface area contributed by atoms with Crippen LogP contribution in [0.15, 0.2) is 9.37 Å². The highest BCUT2D eigenvalue weighted by molar-refractivity contribution is 8.01. The van der Waals surface area contributed by atoms with Gasteiger partial charge in [0.05, 0.1) is 19.8 Å². The Balaban J connectivity index is 1.53. The van der Waals surface area contributed by atoms with Gasteiger partial charge in [-0.05, 0) is 43.0 Å². The fraction of sp³-hybridized carbons (Fsp3) is 0.579. The molecule has 3 aromatic rings. The van der Waals surface area contributed by atoms with Crippen molar-refractivity contribution in [2.24, 2.45) is 0 Å². The molecule has 0 amide bonds. The molecule has 154 valence electrons. The van der Waals surface area contributed by atoms with Gasteiger partial charge in [-0.15, -0.1) is 21.5 Å². The second kappa shape index (κ2) is 8.43. The Morgan fingerprint density at radius 3 is 2.69 bits per heavy atom. The van der Waals surface area contributed by atoms with Crippen molar-refractivity contribution in [1.29, 1.82) is 0 Å². The number of thiophene rings is 1. The van der Waals surface area contributed by atoms with Gasteiger partial charge < -0.3 is 9.64 Å². The van der Waals surface area contributed by atoms with E-state index in [2.05, 4.69) is 15.1 Å². The van der Waals surface area contributed by atoms with Gasteiger partial charge >= 0.3 is 0 Å². The maximum Gasteiger partial charge on any atom is 0.208 e. The van der Waals surface area contributed by atoms with Crippen molar-refractivity contribution in [1.82, 2.24) is 25.1 Å². The SMILES string of the molecule is CN(C)c1nnc(Sc2nc(CN3CCOCC3)nc3sc4c(c23)CCCC4)s1. The fourth-order valence-electron chi connectivity index (χ4n) is 3.78. The molecule has 0 bridgehead atoms. The third kappa shape index (κ3) is 4.13. The summed E-state index contributed by atoms with van der Waals surface area (Å²) in [5.41, 5.74) is 1.47. The van der Waals surface area contributed by atoms with Gasteiger partial charge in [-0.25, -0.2) is 9.97 Å². The first-order chi connectivity index (χ1) is 14.2. The van der Waals surface area contributed by atoms with Crippen molar-refractivity contribution < 1.29 is 4.74 Å². The van der Waals surface area contributed by atoms with Crippen molar-refractivity contribution in [3.05, 3.63) is 16.3 Å². The van der Waals surface area contributed by atoms with Crippen LogP contribution in [0.2, 0.25) is 0 Å². The van der Waals surface area contributed by atoms with Crippen LogP contribution in [0, 0.1) is 0 Å². The minimum absolute atomic E-state index is 0.772. The average molecular weight is 449 g/mol. The quantitative estimate of drug-likeness (QED) is 0.550. The molecular formula is C19H24N6OS3. The normalized spacial score (nSPS) is 17.6. The van der Waals surface area contributed by atoms with E-state index < -0.39 is 0 Å². The maximum absolute atomic E-state index is 5.48.